The molecule has 3 N–H and O–H groups in total. The lowest BCUT2D eigenvalue weighted by Gasteiger charge is -2.11. The number of rotatable bonds is 11. The van der Waals surface area contributed by atoms with Gasteiger partial charge in [0.1, 0.15) is 24.7 Å². The van der Waals surface area contributed by atoms with Crippen molar-refractivity contribution in [2.75, 3.05) is 35.7 Å². The number of para-hydroxylation sites is 1. The summed E-state index contributed by atoms with van der Waals surface area (Å²) in [6.07, 6.45) is 0.406. The van der Waals surface area contributed by atoms with Gasteiger partial charge in [0.15, 0.2) is 0 Å². The van der Waals surface area contributed by atoms with E-state index in [9.17, 15) is 9.59 Å². The second-order valence-electron chi connectivity index (χ2n) is 6.92. The van der Waals surface area contributed by atoms with Crippen molar-refractivity contribution in [3.05, 3.63) is 78.9 Å². The van der Waals surface area contributed by atoms with Gasteiger partial charge >= 0.3 is 0 Å². The van der Waals surface area contributed by atoms with Gasteiger partial charge in [0, 0.05) is 29.5 Å². The maximum Gasteiger partial charge on any atom is 0.243 e. The summed E-state index contributed by atoms with van der Waals surface area (Å²) < 4.78 is 11.3. The van der Waals surface area contributed by atoms with E-state index >= 15 is 0 Å². The van der Waals surface area contributed by atoms with E-state index < -0.39 is 0 Å². The zero-order valence-corrected chi connectivity index (χ0v) is 18.0. The molecule has 3 rings (SSSR count). The number of hydrogen-bond donors (Lipinski definition) is 3. The highest BCUT2D eigenvalue weighted by Gasteiger charge is 2.05. The van der Waals surface area contributed by atoms with Crippen LogP contribution in [0.25, 0.3) is 0 Å². The van der Waals surface area contributed by atoms with Gasteiger partial charge in [0.25, 0.3) is 0 Å². The lowest BCUT2D eigenvalue weighted by molar-refractivity contribution is -0.116. The predicted octanol–water partition coefficient (Wildman–Crippen LogP) is 4.54. The van der Waals surface area contributed by atoms with E-state index in [0.717, 1.165) is 11.4 Å². The Bertz CT molecular complexity index is 1020. The van der Waals surface area contributed by atoms with Crippen molar-refractivity contribution in [2.24, 2.45) is 0 Å². The number of hydrogen-bond acceptors (Lipinski definition) is 5. The molecule has 0 aliphatic heterocycles. The molecule has 3 aromatic carbocycles. The van der Waals surface area contributed by atoms with Gasteiger partial charge in [-0.2, -0.15) is 0 Å². The Morgan fingerprint density at radius 2 is 1.28 bits per heavy atom. The Morgan fingerprint density at radius 1 is 0.688 bits per heavy atom. The number of amides is 2. The molecule has 7 nitrogen and oxygen atoms in total. The van der Waals surface area contributed by atoms with Gasteiger partial charge in [-0.15, -0.1) is 0 Å². The highest BCUT2D eigenvalue weighted by Crippen LogP contribution is 2.18. The average molecular weight is 434 g/mol. The first kappa shape index (κ1) is 22.7. The number of ether oxygens (including phenoxy) is 2. The van der Waals surface area contributed by atoms with Crippen LogP contribution in [0.15, 0.2) is 78.9 Å². The van der Waals surface area contributed by atoms with Gasteiger partial charge in [0.2, 0.25) is 11.8 Å². The summed E-state index contributed by atoms with van der Waals surface area (Å²) in [5.41, 5.74) is 2.06. The quantitative estimate of drug-likeness (QED) is 0.386. The topological polar surface area (TPSA) is 88.7 Å². The summed E-state index contributed by atoms with van der Waals surface area (Å²) in [4.78, 5) is 23.8. The van der Waals surface area contributed by atoms with Crippen LogP contribution >= 0.6 is 0 Å². The summed E-state index contributed by atoms with van der Waals surface area (Å²) in [5, 5.41) is 8.69. The molecule has 2 amide bonds. The molecule has 0 fully saturated rings. The van der Waals surface area contributed by atoms with Gasteiger partial charge in [-0.1, -0.05) is 37.3 Å². The molecule has 0 saturated heterocycles. The zero-order valence-electron chi connectivity index (χ0n) is 18.0. The molecule has 7 heteroatoms. The molecule has 0 bridgehead atoms. The van der Waals surface area contributed by atoms with Crippen LogP contribution < -0.4 is 25.4 Å². The molecule has 3 aromatic rings. The smallest absolute Gasteiger partial charge is 0.243 e. The first-order chi connectivity index (χ1) is 15.6. The van der Waals surface area contributed by atoms with Crippen LogP contribution in [0.3, 0.4) is 0 Å². The van der Waals surface area contributed by atoms with Crippen LogP contribution in [0.2, 0.25) is 0 Å². The molecule has 0 saturated carbocycles. The van der Waals surface area contributed by atoms with Crippen molar-refractivity contribution in [1.29, 1.82) is 0 Å². The molecule has 0 unspecified atom stereocenters. The summed E-state index contributed by atoms with van der Waals surface area (Å²) in [6, 6.07) is 24.0. The van der Waals surface area contributed by atoms with E-state index in [2.05, 4.69) is 16.0 Å². The lowest BCUT2D eigenvalue weighted by atomic mass is 10.2. The molecule has 166 valence electrons. The molecule has 0 radical (unpaired) electrons. The summed E-state index contributed by atoms with van der Waals surface area (Å²) in [5.74, 6) is 1.18. The Morgan fingerprint density at radius 3 is 2.03 bits per heavy atom. The maximum atomic E-state index is 12.3. The normalized spacial score (nSPS) is 10.2. The molecule has 0 heterocycles. The van der Waals surface area contributed by atoms with Crippen molar-refractivity contribution in [2.45, 2.75) is 13.3 Å². The SMILES string of the molecule is CCC(=O)Nc1cccc(NCC(=O)Nc2cccc(OCCOc3ccccc3)c2)c1. The van der Waals surface area contributed by atoms with Gasteiger partial charge in [-0.3, -0.25) is 9.59 Å². The van der Waals surface area contributed by atoms with E-state index in [0.29, 0.717) is 36.8 Å². The number of anilines is 3. The molecular formula is C25H27N3O4. The van der Waals surface area contributed by atoms with Crippen LogP contribution in [0.5, 0.6) is 11.5 Å². The monoisotopic (exact) mass is 433 g/mol. The van der Waals surface area contributed by atoms with E-state index in [1.54, 1.807) is 31.2 Å². The highest BCUT2D eigenvalue weighted by molar-refractivity contribution is 5.94. The third-order valence-corrected chi connectivity index (χ3v) is 4.40. The van der Waals surface area contributed by atoms with E-state index in [4.69, 9.17) is 9.47 Å². The third kappa shape index (κ3) is 7.68. The highest BCUT2D eigenvalue weighted by atomic mass is 16.5. The van der Waals surface area contributed by atoms with Crippen LogP contribution in [0, 0.1) is 0 Å². The third-order valence-electron chi connectivity index (χ3n) is 4.40. The van der Waals surface area contributed by atoms with E-state index in [1.807, 2.05) is 54.6 Å². The van der Waals surface area contributed by atoms with Crippen LogP contribution in [0.4, 0.5) is 17.1 Å². The van der Waals surface area contributed by atoms with Crippen LogP contribution in [0.1, 0.15) is 13.3 Å². The van der Waals surface area contributed by atoms with Crippen molar-refractivity contribution in [3.8, 4) is 11.5 Å². The van der Waals surface area contributed by atoms with E-state index in [-0.39, 0.29) is 18.4 Å². The summed E-state index contributed by atoms with van der Waals surface area (Å²) in [7, 11) is 0. The van der Waals surface area contributed by atoms with Gasteiger partial charge < -0.3 is 25.4 Å². The number of nitrogens with one attached hydrogen (secondary N) is 3. The fourth-order valence-corrected chi connectivity index (χ4v) is 2.84. The Balaban J connectivity index is 1.43. The molecule has 0 atom stereocenters. The molecule has 0 aliphatic carbocycles. The summed E-state index contributed by atoms with van der Waals surface area (Å²) >= 11 is 0. The minimum atomic E-state index is -0.197. The predicted molar refractivity (Wildman–Crippen MR) is 126 cm³/mol. The zero-order chi connectivity index (χ0) is 22.6. The van der Waals surface area contributed by atoms with Crippen molar-refractivity contribution >= 4 is 28.9 Å². The number of benzene rings is 3. The Hall–Kier alpha value is -4.00. The second kappa shape index (κ2) is 12.0. The lowest BCUT2D eigenvalue weighted by Crippen LogP contribution is -2.21. The molecule has 0 aliphatic rings. The van der Waals surface area contributed by atoms with Crippen molar-refractivity contribution in [3.63, 3.8) is 0 Å². The van der Waals surface area contributed by atoms with Crippen molar-refractivity contribution < 1.29 is 19.1 Å². The fraction of sp³-hybridized carbons (Fsp3) is 0.200. The Kier molecular flexibility index (Phi) is 8.50. The standard InChI is InChI=1S/C25H27N3O4/c1-2-24(29)27-20-9-6-8-19(16-20)26-18-25(30)28-21-10-7-13-23(17-21)32-15-14-31-22-11-4-3-5-12-22/h3-13,16-17,26H,2,14-15,18H2,1H3,(H,27,29)(H,28,30). The average Bonchev–Trinajstić information content (AvgIpc) is 2.82. The van der Waals surface area contributed by atoms with E-state index in [1.165, 1.54) is 0 Å². The van der Waals surface area contributed by atoms with Crippen LogP contribution in [-0.4, -0.2) is 31.6 Å². The first-order valence-corrected chi connectivity index (χ1v) is 10.5. The largest absolute Gasteiger partial charge is 0.490 e. The van der Waals surface area contributed by atoms with Gasteiger partial charge in [0.05, 0.1) is 6.54 Å². The van der Waals surface area contributed by atoms with Crippen molar-refractivity contribution in [1.82, 2.24) is 0 Å². The minimum Gasteiger partial charge on any atom is -0.490 e. The van der Waals surface area contributed by atoms with Gasteiger partial charge in [-0.05, 0) is 42.5 Å². The first-order valence-electron chi connectivity index (χ1n) is 10.5. The molecule has 32 heavy (non-hydrogen) atoms. The summed E-state index contributed by atoms with van der Waals surface area (Å²) in [6.45, 7) is 2.68. The fourth-order valence-electron chi connectivity index (χ4n) is 2.84. The van der Waals surface area contributed by atoms with Gasteiger partial charge in [-0.25, -0.2) is 0 Å². The number of carbonyl (C=O) groups excluding carboxylic acids is 2. The molecular weight excluding hydrogens is 406 g/mol. The minimum absolute atomic E-state index is 0.0615. The molecule has 0 spiro atoms. The Labute approximate surface area is 187 Å². The maximum absolute atomic E-state index is 12.3. The van der Waals surface area contributed by atoms with Crippen LogP contribution in [-0.2, 0) is 9.59 Å². The number of carbonyl (C=O) groups is 2. The molecule has 0 aromatic heterocycles. The second-order valence-corrected chi connectivity index (χ2v) is 6.92.